The molecular formula is C54H34N2O. The lowest BCUT2D eigenvalue weighted by Gasteiger charge is -2.13. The van der Waals surface area contributed by atoms with Crippen LogP contribution in [0, 0.1) is 0 Å². The summed E-state index contributed by atoms with van der Waals surface area (Å²) in [4.78, 5) is 0. The lowest BCUT2D eigenvalue weighted by atomic mass is 9.95. The molecule has 0 aliphatic rings. The third-order valence-corrected chi connectivity index (χ3v) is 11.7. The highest BCUT2D eigenvalue weighted by molar-refractivity contribution is 6.17. The number of furan rings is 1. The molecule has 0 fully saturated rings. The minimum absolute atomic E-state index is 0.877. The first-order valence-electron chi connectivity index (χ1n) is 19.5. The summed E-state index contributed by atoms with van der Waals surface area (Å²) in [6.07, 6.45) is 0. The maximum atomic E-state index is 6.90. The van der Waals surface area contributed by atoms with E-state index < -0.39 is 0 Å². The van der Waals surface area contributed by atoms with Crippen LogP contribution in [-0.4, -0.2) is 9.13 Å². The van der Waals surface area contributed by atoms with Gasteiger partial charge in [-0.05, 0) is 94.0 Å². The molecule has 0 aliphatic heterocycles. The molecule has 0 N–H and O–H groups in total. The number of aromatic nitrogens is 2. The van der Waals surface area contributed by atoms with E-state index in [2.05, 4.69) is 215 Å². The fourth-order valence-electron chi connectivity index (χ4n) is 9.15. The smallest absolute Gasteiger partial charge is 0.160 e. The van der Waals surface area contributed by atoms with Crippen molar-refractivity contribution in [1.29, 1.82) is 0 Å². The van der Waals surface area contributed by atoms with Crippen LogP contribution in [0.25, 0.3) is 110 Å². The second kappa shape index (κ2) is 12.5. The van der Waals surface area contributed by atoms with Gasteiger partial charge in [0.1, 0.15) is 5.58 Å². The molecular weight excluding hydrogens is 693 g/mol. The first kappa shape index (κ1) is 31.7. The van der Waals surface area contributed by atoms with E-state index in [-0.39, 0.29) is 0 Å². The fraction of sp³-hybridized carbons (Fsp3) is 0. The highest BCUT2D eigenvalue weighted by Crippen LogP contribution is 2.44. The topological polar surface area (TPSA) is 23.0 Å². The quantitative estimate of drug-likeness (QED) is 0.173. The molecule has 0 amide bonds. The van der Waals surface area contributed by atoms with Gasteiger partial charge < -0.3 is 13.6 Å². The first-order chi connectivity index (χ1) is 28.3. The summed E-state index contributed by atoms with van der Waals surface area (Å²) in [5.74, 6) is 0. The molecule has 0 radical (unpaired) electrons. The van der Waals surface area contributed by atoms with Crippen molar-refractivity contribution in [2.75, 3.05) is 0 Å². The lowest BCUT2D eigenvalue weighted by Crippen LogP contribution is -1.96. The van der Waals surface area contributed by atoms with E-state index in [1.807, 2.05) is 0 Å². The Kier molecular flexibility index (Phi) is 6.93. The van der Waals surface area contributed by atoms with Crippen LogP contribution in [0.1, 0.15) is 0 Å². The minimum Gasteiger partial charge on any atom is -0.454 e. The molecule has 3 aromatic heterocycles. The summed E-state index contributed by atoms with van der Waals surface area (Å²) >= 11 is 0. The van der Waals surface area contributed by atoms with Gasteiger partial charge in [-0.1, -0.05) is 146 Å². The van der Waals surface area contributed by atoms with Crippen molar-refractivity contribution < 1.29 is 4.42 Å². The Morgan fingerprint density at radius 2 is 0.895 bits per heavy atom. The van der Waals surface area contributed by atoms with Crippen molar-refractivity contribution in [1.82, 2.24) is 9.13 Å². The number of rotatable bonds is 5. The van der Waals surface area contributed by atoms with E-state index in [0.717, 1.165) is 55.5 Å². The Bertz CT molecular complexity index is 3510. The molecule has 0 aliphatic carbocycles. The standard InChI is InChI=1S/C54H34N2O/c1-3-14-35(15-4-1)36-16-13-17-39(32-36)41-29-31-50(54-53(41)45-22-9-12-25-52(45)57-54)56-48-24-11-7-20-42(48)44-28-26-38(34-51(44)56)37-27-30-49-46(33-37)43-21-8-10-23-47(43)55(49)40-18-5-2-6-19-40/h1-34H. The summed E-state index contributed by atoms with van der Waals surface area (Å²) in [6.45, 7) is 0. The van der Waals surface area contributed by atoms with Gasteiger partial charge in [0.05, 0.1) is 27.8 Å². The van der Waals surface area contributed by atoms with E-state index >= 15 is 0 Å². The average molecular weight is 727 g/mol. The van der Waals surface area contributed by atoms with Gasteiger partial charge in [-0.2, -0.15) is 0 Å². The Morgan fingerprint density at radius 3 is 1.72 bits per heavy atom. The number of benzene rings is 9. The van der Waals surface area contributed by atoms with E-state index in [4.69, 9.17) is 4.42 Å². The zero-order chi connectivity index (χ0) is 37.5. The van der Waals surface area contributed by atoms with Crippen molar-refractivity contribution in [3.8, 4) is 44.8 Å². The van der Waals surface area contributed by atoms with Gasteiger partial charge in [0.15, 0.2) is 5.58 Å². The number of hydrogen-bond donors (Lipinski definition) is 0. The molecule has 0 bridgehead atoms. The molecule has 0 saturated heterocycles. The Balaban J connectivity index is 1.08. The summed E-state index contributed by atoms with van der Waals surface area (Å²) in [5.41, 5.74) is 15.7. The predicted molar refractivity (Wildman–Crippen MR) is 239 cm³/mol. The molecule has 12 rings (SSSR count). The van der Waals surface area contributed by atoms with Crippen molar-refractivity contribution in [3.63, 3.8) is 0 Å². The molecule has 0 saturated carbocycles. The van der Waals surface area contributed by atoms with Crippen LogP contribution in [0.3, 0.4) is 0 Å². The first-order valence-corrected chi connectivity index (χ1v) is 19.5. The Labute approximate surface area is 328 Å². The van der Waals surface area contributed by atoms with Crippen LogP contribution in [0.5, 0.6) is 0 Å². The van der Waals surface area contributed by atoms with Gasteiger partial charge in [-0.25, -0.2) is 0 Å². The summed E-state index contributed by atoms with van der Waals surface area (Å²) in [6, 6.07) is 74.3. The number of fused-ring (bicyclic) bond motifs is 9. The second-order valence-corrected chi connectivity index (χ2v) is 14.9. The largest absolute Gasteiger partial charge is 0.454 e. The SMILES string of the molecule is c1ccc(-c2cccc(-c3ccc(-n4c5ccccc5c5ccc(-c6ccc7c(c6)c6ccccc6n7-c6ccccc6)cc54)c4oc5ccccc5c34)c2)cc1. The molecule has 3 heteroatoms. The summed E-state index contributed by atoms with van der Waals surface area (Å²) in [5, 5.41) is 7.14. The molecule has 0 atom stereocenters. The van der Waals surface area contributed by atoms with E-state index in [0.29, 0.717) is 0 Å². The Morgan fingerprint density at radius 1 is 0.316 bits per heavy atom. The normalized spacial score (nSPS) is 11.9. The van der Waals surface area contributed by atoms with Gasteiger partial charge in [-0.3, -0.25) is 0 Å². The summed E-state index contributed by atoms with van der Waals surface area (Å²) < 4.78 is 11.7. The van der Waals surface area contributed by atoms with Crippen molar-refractivity contribution in [2.45, 2.75) is 0 Å². The van der Waals surface area contributed by atoms with Crippen LogP contribution in [0.4, 0.5) is 0 Å². The van der Waals surface area contributed by atoms with Gasteiger partial charge in [0, 0.05) is 38.0 Å². The highest BCUT2D eigenvalue weighted by Gasteiger charge is 2.21. The van der Waals surface area contributed by atoms with E-state index in [9.17, 15) is 0 Å². The molecule has 0 spiro atoms. The van der Waals surface area contributed by atoms with Crippen LogP contribution in [0.15, 0.2) is 211 Å². The number of para-hydroxylation sites is 4. The van der Waals surface area contributed by atoms with E-state index in [1.54, 1.807) is 0 Å². The minimum atomic E-state index is 0.877. The number of nitrogens with zero attached hydrogens (tertiary/aromatic N) is 2. The van der Waals surface area contributed by atoms with Crippen molar-refractivity contribution >= 4 is 65.6 Å². The Hall–Kier alpha value is -7.62. The van der Waals surface area contributed by atoms with E-state index in [1.165, 1.54) is 54.8 Å². The molecule has 266 valence electrons. The average Bonchev–Trinajstić information content (AvgIpc) is 3.94. The molecule has 3 heterocycles. The van der Waals surface area contributed by atoms with Gasteiger partial charge in [0.2, 0.25) is 0 Å². The van der Waals surface area contributed by atoms with Crippen LogP contribution < -0.4 is 0 Å². The maximum Gasteiger partial charge on any atom is 0.160 e. The second-order valence-electron chi connectivity index (χ2n) is 14.9. The zero-order valence-corrected chi connectivity index (χ0v) is 30.9. The van der Waals surface area contributed by atoms with Crippen molar-refractivity contribution in [3.05, 3.63) is 206 Å². The molecule has 12 aromatic rings. The van der Waals surface area contributed by atoms with Gasteiger partial charge >= 0.3 is 0 Å². The summed E-state index contributed by atoms with van der Waals surface area (Å²) in [7, 11) is 0. The van der Waals surface area contributed by atoms with Gasteiger partial charge in [0.25, 0.3) is 0 Å². The molecule has 0 unspecified atom stereocenters. The highest BCUT2D eigenvalue weighted by atomic mass is 16.3. The predicted octanol–water partition coefficient (Wildman–Crippen LogP) is 14.8. The third-order valence-electron chi connectivity index (χ3n) is 11.7. The molecule has 57 heavy (non-hydrogen) atoms. The van der Waals surface area contributed by atoms with Crippen LogP contribution in [0.2, 0.25) is 0 Å². The van der Waals surface area contributed by atoms with Gasteiger partial charge in [-0.15, -0.1) is 0 Å². The maximum absolute atomic E-state index is 6.90. The number of hydrogen-bond acceptors (Lipinski definition) is 1. The molecule has 3 nitrogen and oxygen atoms in total. The zero-order valence-electron chi connectivity index (χ0n) is 30.9. The van der Waals surface area contributed by atoms with Crippen molar-refractivity contribution in [2.24, 2.45) is 0 Å². The molecule has 9 aromatic carbocycles. The lowest BCUT2D eigenvalue weighted by molar-refractivity contribution is 0.666. The monoisotopic (exact) mass is 726 g/mol. The third kappa shape index (κ3) is 4.86. The van der Waals surface area contributed by atoms with Crippen LogP contribution >= 0.6 is 0 Å². The fourth-order valence-corrected chi connectivity index (χ4v) is 9.15. The van der Waals surface area contributed by atoms with Crippen LogP contribution in [-0.2, 0) is 0 Å².